The number of carbonyl (C=O) groups is 1. The van der Waals surface area contributed by atoms with E-state index < -0.39 is 11.9 Å². The number of hydrogen-bond donors (Lipinski definition) is 1. The van der Waals surface area contributed by atoms with Crippen molar-refractivity contribution < 1.29 is 9.90 Å². The Morgan fingerprint density at radius 3 is 2.47 bits per heavy atom. The van der Waals surface area contributed by atoms with E-state index in [1.54, 1.807) is 11.3 Å². The molecule has 3 heteroatoms. The topological polar surface area (TPSA) is 37.3 Å². The van der Waals surface area contributed by atoms with Gasteiger partial charge in [0.1, 0.15) is 0 Å². The lowest BCUT2D eigenvalue weighted by atomic mass is 9.90. The first-order valence-corrected chi connectivity index (χ1v) is 7.20. The quantitative estimate of drug-likeness (QED) is 0.912. The van der Waals surface area contributed by atoms with Crippen LogP contribution in [0.3, 0.4) is 0 Å². The van der Waals surface area contributed by atoms with Crippen LogP contribution in [0.4, 0.5) is 0 Å². The normalized spacial score (nSPS) is 12.4. The molecule has 1 heterocycles. The Morgan fingerprint density at radius 1 is 1.21 bits per heavy atom. The van der Waals surface area contributed by atoms with E-state index >= 15 is 0 Å². The van der Waals surface area contributed by atoms with Crippen LogP contribution < -0.4 is 0 Å². The minimum atomic E-state index is -0.750. The van der Waals surface area contributed by atoms with Gasteiger partial charge in [-0.15, -0.1) is 11.3 Å². The molecule has 0 radical (unpaired) electrons. The summed E-state index contributed by atoms with van der Waals surface area (Å²) in [6.07, 6.45) is 0.572. The van der Waals surface area contributed by atoms with E-state index in [-0.39, 0.29) is 0 Å². The molecule has 0 aliphatic heterocycles. The van der Waals surface area contributed by atoms with Gasteiger partial charge in [-0.05, 0) is 55.3 Å². The Bertz CT molecular complexity index is 599. The van der Waals surface area contributed by atoms with Crippen molar-refractivity contribution in [2.75, 3.05) is 0 Å². The van der Waals surface area contributed by atoms with Crippen LogP contribution in [0, 0.1) is 20.8 Å². The first kappa shape index (κ1) is 13.8. The summed E-state index contributed by atoms with van der Waals surface area (Å²) in [4.78, 5) is 12.7. The molecule has 1 aromatic heterocycles. The number of rotatable bonds is 4. The van der Waals surface area contributed by atoms with Crippen LogP contribution in [-0.2, 0) is 11.2 Å². The standard InChI is InChI=1S/C16H18O2S/c1-10-4-5-13(12(3)8-10)14(16(17)18)9-15-11(2)6-7-19-15/h4-8,14H,9H2,1-3H3,(H,17,18). The molecule has 1 N–H and O–H groups in total. The Kier molecular flexibility index (Phi) is 4.05. The molecule has 0 amide bonds. The van der Waals surface area contributed by atoms with Gasteiger partial charge < -0.3 is 5.11 Å². The van der Waals surface area contributed by atoms with E-state index in [0.717, 1.165) is 21.6 Å². The lowest BCUT2D eigenvalue weighted by Gasteiger charge is -2.15. The molecule has 1 atom stereocenters. The molecule has 0 saturated carbocycles. The van der Waals surface area contributed by atoms with Gasteiger partial charge in [-0.25, -0.2) is 0 Å². The second kappa shape index (κ2) is 5.57. The van der Waals surface area contributed by atoms with Crippen molar-refractivity contribution in [1.29, 1.82) is 0 Å². The molecule has 100 valence electrons. The summed E-state index contributed by atoms with van der Waals surface area (Å²) in [5.41, 5.74) is 4.33. The van der Waals surface area contributed by atoms with Gasteiger partial charge in [-0.2, -0.15) is 0 Å². The molecule has 19 heavy (non-hydrogen) atoms. The molecule has 0 saturated heterocycles. The largest absolute Gasteiger partial charge is 0.481 e. The summed E-state index contributed by atoms with van der Waals surface area (Å²) < 4.78 is 0. The smallest absolute Gasteiger partial charge is 0.311 e. The van der Waals surface area contributed by atoms with Crippen LogP contribution in [0.15, 0.2) is 29.6 Å². The first-order chi connectivity index (χ1) is 8.99. The molecule has 0 fully saturated rings. The zero-order valence-corrected chi connectivity index (χ0v) is 12.3. The number of aliphatic carboxylic acids is 1. The highest BCUT2D eigenvalue weighted by atomic mass is 32.1. The van der Waals surface area contributed by atoms with E-state index in [4.69, 9.17) is 0 Å². The summed E-state index contributed by atoms with van der Waals surface area (Å²) >= 11 is 1.64. The molecule has 2 rings (SSSR count). The molecule has 0 spiro atoms. The maximum absolute atomic E-state index is 11.6. The molecule has 1 unspecified atom stereocenters. The van der Waals surface area contributed by atoms with Gasteiger partial charge in [-0.3, -0.25) is 4.79 Å². The third kappa shape index (κ3) is 3.04. The maximum atomic E-state index is 11.6. The highest BCUT2D eigenvalue weighted by Gasteiger charge is 2.23. The molecule has 2 nitrogen and oxygen atoms in total. The van der Waals surface area contributed by atoms with Gasteiger partial charge >= 0.3 is 5.97 Å². The molecule has 2 aromatic rings. The summed E-state index contributed by atoms with van der Waals surface area (Å²) in [5, 5.41) is 11.5. The van der Waals surface area contributed by atoms with E-state index in [1.807, 2.05) is 50.4 Å². The third-order valence-corrected chi connectivity index (χ3v) is 4.50. The second-order valence-corrected chi connectivity index (χ2v) is 5.98. The van der Waals surface area contributed by atoms with Crippen molar-refractivity contribution in [2.45, 2.75) is 33.1 Å². The number of carboxylic acids is 1. The van der Waals surface area contributed by atoms with Gasteiger partial charge in [0.2, 0.25) is 0 Å². The summed E-state index contributed by atoms with van der Waals surface area (Å²) in [6.45, 7) is 6.04. The van der Waals surface area contributed by atoms with Gasteiger partial charge in [0.15, 0.2) is 0 Å². The van der Waals surface area contributed by atoms with Gasteiger partial charge in [0.25, 0.3) is 0 Å². The number of aryl methyl sites for hydroxylation is 3. The van der Waals surface area contributed by atoms with E-state index in [2.05, 4.69) is 0 Å². The number of hydrogen-bond acceptors (Lipinski definition) is 2. The molecule has 0 aliphatic rings. The van der Waals surface area contributed by atoms with Crippen LogP contribution in [0.2, 0.25) is 0 Å². The van der Waals surface area contributed by atoms with Crippen molar-refractivity contribution in [3.05, 3.63) is 56.8 Å². The summed E-state index contributed by atoms with van der Waals surface area (Å²) in [6, 6.07) is 8.03. The van der Waals surface area contributed by atoms with Crippen molar-refractivity contribution >= 4 is 17.3 Å². The Hall–Kier alpha value is -1.61. The number of carboxylic acid groups (broad SMARTS) is 1. The van der Waals surface area contributed by atoms with Crippen LogP contribution in [0.5, 0.6) is 0 Å². The fraction of sp³-hybridized carbons (Fsp3) is 0.312. The van der Waals surface area contributed by atoms with Crippen molar-refractivity contribution in [3.8, 4) is 0 Å². The van der Waals surface area contributed by atoms with Crippen LogP contribution in [0.25, 0.3) is 0 Å². The predicted molar refractivity (Wildman–Crippen MR) is 79.1 cm³/mol. The van der Waals surface area contributed by atoms with Gasteiger partial charge in [0, 0.05) is 4.88 Å². The monoisotopic (exact) mass is 274 g/mol. The highest BCUT2D eigenvalue weighted by Crippen LogP contribution is 2.28. The van der Waals surface area contributed by atoms with Crippen LogP contribution in [-0.4, -0.2) is 11.1 Å². The molecular weight excluding hydrogens is 256 g/mol. The van der Waals surface area contributed by atoms with E-state index in [1.165, 1.54) is 5.56 Å². The minimum absolute atomic E-state index is 0.460. The Morgan fingerprint density at radius 2 is 1.95 bits per heavy atom. The minimum Gasteiger partial charge on any atom is -0.481 e. The fourth-order valence-corrected chi connectivity index (χ4v) is 3.30. The average molecular weight is 274 g/mol. The van der Waals surface area contributed by atoms with Gasteiger partial charge in [-0.1, -0.05) is 23.8 Å². The lowest BCUT2D eigenvalue weighted by Crippen LogP contribution is -2.15. The third-order valence-electron chi connectivity index (χ3n) is 3.46. The predicted octanol–water partition coefficient (Wildman–Crippen LogP) is 4.08. The molecule has 1 aromatic carbocycles. The van der Waals surface area contributed by atoms with E-state index in [0.29, 0.717) is 6.42 Å². The van der Waals surface area contributed by atoms with Gasteiger partial charge in [0.05, 0.1) is 5.92 Å². The van der Waals surface area contributed by atoms with Crippen molar-refractivity contribution in [3.63, 3.8) is 0 Å². The number of benzene rings is 1. The Labute approximate surface area is 117 Å². The fourth-order valence-electron chi connectivity index (χ4n) is 2.35. The molecular formula is C16H18O2S. The second-order valence-electron chi connectivity index (χ2n) is 4.98. The first-order valence-electron chi connectivity index (χ1n) is 6.32. The Balaban J connectivity index is 2.35. The van der Waals surface area contributed by atoms with Crippen molar-refractivity contribution in [1.82, 2.24) is 0 Å². The zero-order valence-electron chi connectivity index (χ0n) is 11.4. The molecule has 0 bridgehead atoms. The summed E-state index contributed by atoms with van der Waals surface area (Å²) in [7, 11) is 0. The SMILES string of the molecule is Cc1ccc(C(Cc2sccc2C)C(=O)O)c(C)c1. The highest BCUT2D eigenvalue weighted by molar-refractivity contribution is 7.10. The lowest BCUT2D eigenvalue weighted by molar-refractivity contribution is -0.138. The van der Waals surface area contributed by atoms with Crippen molar-refractivity contribution in [2.24, 2.45) is 0 Å². The summed E-state index contributed by atoms with van der Waals surface area (Å²) in [5.74, 6) is -1.21. The van der Waals surface area contributed by atoms with Crippen LogP contribution in [0.1, 0.15) is 33.0 Å². The van der Waals surface area contributed by atoms with E-state index in [9.17, 15) is 9.90 Å². The number of thiophene rings is 1. The molecule has 0 aliphatic carbocycles. The van der Waals surface area contributed by atoms with Crippen LogP contribution >= 0.6 is 11.3 Å². The zero-order chi connectivity index (χ0) is 14.0. The maximum Gasteiger partial charge on any atom is 0.311 e. The average Bonchev–Trinajstić information content (AvgIpc) is 2.72.